The number of hydrogen-bond acceptors (Lipinski definition) is 4. The number of urea groups is 1. The molecule has 2 N–H and O–H groups in total. The minimum atomic E-state index is -1.11. The van der Waals surface area contributed by atoms with Gasteiger partial charge in [0.1, 0.15) is 6.04 Å². The maximum atomic E-state index is 11.7. The van der Waals surface area contributed by atoms with E-state index >= 15 is 0 Å². The first-order chi connectivity index (χ1) is 8.92. The molecule has 0 aliphatic carbocycles. The van der Waals surface area contributed by atoms with Gasteiger partial charge in [-0.1, -0.05) is 6.08 Å². The van der Waals surface area contributed by atoms with E-state index in [1.54, 1.807) is 0 Å². The molecule has 2 amide bonds. The van der Waals surface area contributed by atoms with Crippen molar-refractivity contribution >= 4 is 18.0 Å². The highest BCUT2D eigenvalue weighted by atomic mass is 16.5. The van der Waals surface area contributed by atoms with E-state index in [-0.39, 0.29) is 18.8 Å². The van der Waals surface area contributed by atoms with Crippen molar-refractivity contribution in [3.05, 3.63) is 12.7 Å². The molecule has 0 saturated carbocycles. The molecule has 7 heteroatoms. The summed E-state index contributed by atoms with van der Waals surface area (Å²) >= 11 is 0. The molecular formula is C12H20N2O5. The highest BCUT2D eigenvalue weighted by molar-refractivity contribution is 5.82. The number of nitrogens with one attached hydrogen (secondary N) is 1. The van der Waals surface area contributed by atoms with Crippen molar-refractivity contribution in [3.8, 4) is 0 Å². The van der Waals surface area contributed by atoms with Crippen LogP contribution in [0.1, 0.15) is 19.3 Å². The monoisotopic (exact) mass is 272 g/mol. The number of amides is 2. The van der Waals surface area contributed by atoms with Gasteiger partial charge < -0.3 is 20.1 Å². The van der Waals surface area contributed by atoms with Crippen molar-refractivity contribution in [1.82, 2.24) is 10.2 Å². The number of carboxylic acids is 1. The van der Waals surface area contributed by atoms with Crippen molar-refractivity contribution in [2.24, 2.45) is 0 Å². The zero-order valence-corrected chi connectivity index (χ0v) is 11.2. The second kappa shape index (κ2) is 8.96. The quantitative estimate of drug-likeness (QED) is 0.498. The first-order valence-electron chi connectivity index (χ1n) is 5.84. The Labute approximate surface area is 112 Å². The van der Waals surface area contributed by atoms with Gasteiger partial charge in [0.2, 0.25) is 0 Å². The van der Waals surface area contributed by atoms with Crippen molar-refractivity contribution in [3.63, 3.8) is 0 Å². The van der Waals surface area contributed by atoms with Crippen LogP contribution in [-0.2, 0) is 14.3 Å². The predicted octanol–water partition coefficient (Wildman–Crippen LogP) is 0.610. The summed E-state index contributed by atoms with van der Waals surface area (Å²) in [5.74, 6) is -1.46. The first kappa shape index (κ1) is 16.9. The summed E-state index contributed by atoms with van der Waals surface area (Å²) < 4.78 is 4.47. The Morgan fingerprint density at radius 3 is 2.58 bits per heavy atom. The topological polar surface area (TPSA) is 95.9 Å². The standard InChI is InChI=1S/C12H20N2O5/c1-4-6-9(11(16)17)13-12(18)14(2)8-5-7-10(15)19-3/h4,9H,1,5-8H2,2-3H3,(H,13,18)(H,16,17). The number of rotatable bonds is 8. The molecule has 0 heterocycles. The third-order valence-electron chi connectivity index (χ3n) is 2.45. The molecule has 0 aromatic rings. The lowest BCUT2D eigenvalue weighted by Crippen LogP contribution is -2.46. The van der Waals surface area contributed by atoms with Crippen LogP contribution in [0, 0.1) is 0 Å². The number of aliphatic carboxylic acids is 1. The van der Waals surface area contributed by atoms with E-state index in [9.17, 15) is 14.4 Å². The SMILES string of the molecule is C=CCC(NC(=O)N(C)CCCC(=O)OC)C(=O)O. The molecule has 108 valence electrons. The summed E-state index contributed by atoms with van der Waals surface area (Å²) in [4.78, 5) is 34.7. The fourth-order valence-electron chi connectivity index (χ4n) is 1.31. The van der Waals surface area contributed by atoms with Gasteiger partial charge in [-0.25, -0.2) is 9.59 Å². The van der Waals surface area contributed by atoms with Crippen molar-refractivity contribution in [1.29, 1.82) is 0 Å². The number of carbonyl (C=O) groups excluding carboxylic acids is 2. The van der Waals surface area contributed by atoms with E-state index in [1.165, 1.54) is 25.1 Å². The predicted molar refractivity (Wildman–Crippen MR) is 68.6 cm³/mol. The van der Waals surface area contributed by atoms with Gasteiger partial charge in [0.15, 0.2) is 0 Å². The third-order valence-corrected chi connectivity index (χ3v) is 2.45. The van der Waals surface area contributed by atoms with Crippen LogP contribution in [0.4, 0.5) is 4.79 Å². The summed E-state index contributed by atoms with van der Waals surface area (Å²) in [5.41, 5.74) is 0. The Morgan fingerprint density at radius 1 is 1.47 bits per heavy atom. The van der Waals surface area contributed by atoms with E-state index < -0.39 is 18.0 Å². The molecule has 0 radical (unpaired) electrons. The van der Waals surface area contributed by atoms with E-state index in [0.29, 0.717) is 13.0 Å². The Kier molecular flexibility index (Phi) is 7.99. The van der Waals surface area contributed by atoms with Crippen molar-refractivity contribution in [2.75, 3.05) is 20.7 Å². The van der Waals surface area contributed by atoms with Crippen molar-refractivity contribution < 1.29 is 24.2 Å². The fourth-order valence-corrected chi connectivity index (χ4v) is 1.31. The Bertz CT molecular complexity index is 343. The molecule has 7 nitrogen and oxygen atoms in total. The summed E-state index contributed by atoms with van der Waals surface area (Å²) in [6, 6.07) is -1.49. The van der Waals surface area contributed by atoms with E-state index in [0.717, 1.165) is 0 Å². The van der Waals surface area contributed by atoms with Gasteiger partial charge in [0.25, 0.3) is 0 Å². The molecule has 0 rings (SSSR count). The van der Waals surface area contributed by atoms with Crippen LogP contribution in [0.5, 0.6) is 0 Å². The highest BCUT2D eigenvalue weighted by Gasteiger charge is 2.20. The van der Waals surface area contributed by atoms with Crippen LogP contribution < -0.4 is 5.32 Å². The molecule has 0 aliphatic heterocycles. The van der Waals surface area contributed by atoms with Gasteiger partial charge >= 0.3 is 18.0 Å². The normalized spacial score (nSPS) is 11.3. The number of hydrogen-bond donors (Lipinski definition) is 2. The summed E-state index contributed by atoms with van der Waals surface area (Å²) in [6.45, 7) is 3.77. The van der Waals surface area contributed by atoms with Crippen molar-refractivity contribution in [2.45, 2.75) is 25.3 Å². The zero-order chi connectivity index (χ0) is 14.8. The van der Waals surface area contributed by atoms with Crippen LogP contribution >= 0.6 is 0 Å². The molecule has 1 atom stereocenters. The minimum Gasteiger partial charge on any atom is -0.480 e. The van der Waals surface area contributed by atoms with Crippen LogP contribution in [0.2, 0.25) is 0 Å². The average molecular weight is 272 g/mol. The number of carbonyl (C=O) groups is 3. The van der Waals surface area contributed by atoms with E-state index in [4.69, 9.17) is 5.11 Å². The number of nitrogens with zero attached hydrogens (tertiary/aromatic N) is 1. The van der Waals surface area contributed by atoms with Crippen LogP contribution in [-0.4, -0.2) is 54.7 Å². The van der Waals surface area contributed by atoms with Gasteiger partial charge in [0, 0.05) is 20.0 Å². The zero-order valence-electron chi connectivity index (χ0n) is 11.2. The fraction of sp³-hybridized carbons (Fsp3) is 0.583. The molecule has 0 fully saturated rings. The Hall–Kier alpha value is -2.05. The van der Waals surface area contributed by atoms with E-state index in [2.05, 4.69) is 16.6 Å². The molecule has 0 aromatic carbocycles. The maximum Gasteiger partial charge on any atom is 0.326 e. The summed E-state index contributed by atoms with van der Waals surface area (Å²) in [5, 5.41) is 11.2. The lowest BCUT2D eigenvalue weighted by Gasteiger charge is -2.20. The lowest BCUT2D eigenvalue weighted by atomic mass is 10.2. The Balaban J connectivity index is 4.14. The molecule has 0 bridgehead atoms. The minimum absolute atomic E-state index is 0.150. The molecule has 1 unspecified atom stereocenters. The third kappa shape index (κ3) is 7.07. The molecule has 0 aliphatic rings. The largest absolute Gasteiger partial charge is 0.480 e. The average Bonchev–Trinajstić information content (AvgIpc) is 2.37. The van der Waals surface area contributed by atoms with Gasteiger partial charge in [-0.2, -0.15) is 0 Å². The molecule has 0 aromatic heterocycles. The molecule has 19 heavy (non-hydrogen) atoms. The van der Waals surface area contributed by atoms with Gasteiger partial charge in [0.05, 0.1) is 7.11 Å². The number of methoxy groups -OCH3 is 1. The second-order valence-electron chi connectivity index (χ2n) is 3.97. The first-order valence-corrected chi connectivity index (χ1v) is 5.84. The summed E-state index contributed by atoms with van der Waals surface area (Å²) in [7, 11) is 2.82. The smallest absolute Gasteiger partial charge is 0.326 e. The number of carboxylic acid groups (broad SMARTS) is 1. The summed E-state index contributed by atoms with van der Waals surface area (Å²) in [6.07, 6.45) is 2.24. The molecule has 0 saturated heterocycles. The lowest BCUT2D eigenvalue weighted by molar-refractivity contribution is -0.141. The second-order valence-corrected chi connectivity index (χ2v) is 3.97. The van der Waals surface area contributed by atoms with Crippen LogP contribution in [0.3, 0.4) is 0 Å². The van der Waals surface area contributed by atoms with Crippen LogP contribution in [0.15, 0.2) is 12.7 Å². The highest BCUT2D eigenvalue weighted by Crippen LogP contribution is 1.98. The van der Waals surface area contributed by atoms with Gasteiger partial charge in [-0.3, -0.25) is 4.79 Å². The van der Waals surface area contributed by atoms with Crippen LogP contribution in [0.25, 0.3) is 0 Å². The van der Waals surface area contributed by atoms with Gasteiger partial charge in [-0.05, 0) is 12.8 Å². The number of ether oxygens (including phenoxy) is 1. The van der Waals surface area contributed by atoms with E-state index in [1.807, 2.05) is 0 Å². The number of esters is 1. The molecular weight excluding hydrogens is 252 g/mol. The van der Waals surface area contributed by atoms with Gasteiger partial charge in [-0.15, -0.1) is 6.58 Å². The Morgan fingerprint density at radius 2 is 2.11 bits per heavy atom. The maximum absolute atomic E-state index is 11.7. The molecule has 0 spiro atoms.